The van der Waals surface area contributed by atoms with Crippen molar-refractivity contribution in [1.82, 2.24) is 10.2 Å². The molecule has 2 saturated heterocycles. The van der Waals surface area contributed by atoms with Crippen LogP contribution in [0.3, 0.4) is 0 Å². The Morgan fingerprint density at radius 3 is 2.53 bits per heavy atom. The van der Waals surface area contributed by atoms with Crippen molar-refractivity contribution in [2.75, 3.05) is 62.8 Å². The molecule has 2 aliphatic rings. The minimum absolute atomic E-state index is 0.0102. The molecule has 9 nitrogen and oxygen atoms in total. The molecular formula is C26H29F3N4O5. The van der Waals surface area contributed by atoms with Gasteiger partial charge < -0.3 is 25.0 Å². The van der Waals surface area contributed by atoms with Gasteiger partial charge in [0.25, 0.3) is 5.91 Å². The predicted molar refractivity (Wildman–Crippen MR) is 133 cm³/mol. The topological polar surface area (TPSA) is 100 Å². The van der Waals surface area contributed by atoms with E-state index in [2.05, 4.69) is 15.5 Å². The molecule has 0 bridgehead atoms. The maximum atomic E-state index is 12.8. The van der Waals surface area contributed by atoms with Gasteiger partial charge in [0.2, 0.25) is 11.8 Å². The van der Waals surface area contributed by atoms with Crippen LogP contribution in [0, 0.1) is 5.92 Å². The summed E-state index contributed by atoms with van der Waals surface area (Å²) < 4.78 is 49.2. The highest BCUT2D eigenvalue weighted by atomic mass is 19.4. The average molecular weight is 535 g/mol. The number of hydrogen-bond acceptors (Lipinski definition) is 6. The van der Waals surface area contributed by atoms with Crippen LogP contribution in [-0.2, 0) is 25.3 Å². The molecule has 38 heavy (non-hydrogen) atoms. The van der Waals surface area contributed by atoms with Gasteiger partial charge in [-0.05, 0) is 42.5 Å². The zero-order valence-corrected chi connectivity index (χ0v) is 20.6. The number of benzene rings is 2. The average Bonchev–Trinajstić information content (AvgIpc) is 3.29. The normalized spacial score (nSPS) is 18.3. The first-order valence-electron chi connectivity index (χ1n) is 12.3. The van der Waals surface area contributed by atoms with E-state index in [0.29, 0.717) is 31.2 Å². The zero-order valence-electron chi connectivity index (χ0n) is 20.6. The molecular weight excluding hydrogens is 505 g/mol. The van der Waals surface area contributed by atoms with Crippen molar-refractivity contribution in [1.29, 1.82) is 0 Å². The van der Waals surface area contributed by atoms with Crippen LogP contribution in [0.25, 0.3) is 0 Å². The number of nitrogens with zero attached hydrogens (tertiary/aromatic N) is 2. The van der Waals surface area contributed by atoms with Crippen molar-refractivity contribution in [3.63, 3.8) is 0 Å². The fourth-order valence-electron chi connectivity index (χ4n) is 4.28. The summed E-state index contributed by atoms with van der Waals surface area (Å²) >= 11 is 0. The second-order valence-electron chi connectivity index (χ2n) is 9.06. The molecule has 2 fully saturated rings. The quantitative estimate of drug-likeness (QED) is 0.513. The molecule has 12 heteroatoms. The van der Waals surface area contributed by atoms with Gasteiger partial charge in [0.1, 0.15) is 5.75 Å². The summed E-state index contributed by atoms with van der Waals surface area (Å²) in [5.74, 6) is -1.03. The number of hydrogen-bond donors (Lipinski definition) is 2. The maximum Gasteiger partial charge on any atom is 0.416 e. The van der Waals surface area contributed by atoms with Crippen molar-refractivity contribution >= 4 is 29.1 Å². The first kappa shape index (κ1) is 27.4. The van der Waals surface area contributed by atoms with E-state index in [9.17, 15) is 27.6 Å². The summed E-state index contributed by atoms with van der Waals surface area (Å²) in [5, 5.41) is 5.29. The summed E-state index contributed by atoms with van der Waals surface area (Å²) in [7, 11) is 0. The van der Waals surface area contributed by atoms with Crippen LogP contribution in [0.2, 0.25) is 0 Å². The van der Waals surface area contributed by atoms with E-state index >= 15 is 0 Å². The van der Waals surface area contributed by atoms with E-state index in [1.165, 1.54) is 17.0 Å². The summed E-state index contributed by atoms with van der Waals surface area (Å²) in [6.45, 7) is 4.16. The Morgan fingerprint density at radius 2 is 1.82 bits per heavy atom. The molecule has 0 spiro atoms. The number of amides is 3. The molecule has 0 aliphatic carbocycles. The third-order valence-corrected chi connectivity index (χ3v) is 6.32. The Balaban J connectivity index is 1.22. The van der Waals surface area contributed by atoms with Crippen molar-refractivity contribution in [3.8, 4) is 5.75 Å². The number of alkyl halides is 3. The van der Waals surface area contributed by atoms with E-state index in [-0.39, 0.29) is 30.5 Å². The zero-order chi connectivity index (χ0) is 27.1. The SMILES string of the molecule is O=C(COc1ccc(N2C[C@@H](C(=O)NCCN3CCOCC3)CC2=O)cc1)Nc1cccc(C(F)(F)F)c1. The van der Waals surface area contributed by atoms with Gasteiger partial charge >= 0.3 is 6.18 Å². The van der Waals surface area contributed by atoms with Crippen molar-refractivity contribution < 1.29 is 37.0 Å². The lowest BCUT2D eigenvalue weighted by molar-refractivity contribution is -0.137. The van der Waals surface area contributed by atoms with Crippen molar-refractivity contribution in [3.05, 3.63) is 54.1 Å². The van der Waals surface area contributed by atoms with Gasteiger partial charge in [0, 0.05) is 50.5 Å². The van der Waals surface area contributed by atoms with Crippen LogP contribution in [0.15, 0.2) is 48.5 Å². The van der Waals surface area contributed by atoms with E-state index in [1.807, 2.05) is 0 Å². The molecule has 3 amide bonds. The third kappa shape index (κ3) is 7.45. The highest BCUT2D eigenvalue weighted by Crippen LogP contribution is 2.31. The number of halogens is 3. The second kappa shape index (κ2) is 12.3. The third-order valence-electron chi connectivity index (χ3n) is 6.32. The molecule has 2 aromatic carbocycles. The Kier molecular flexibility index (Phi) is 8.85. The van der Waals surface area contributed by atoms with Crippen LogP contribution < -0.4 is 20.3 Å². The number of rotatable bonds is 9. The number of carbonyl (C=O) groups excluding carboxylic acids is 3. The lowest BCUT2D eigenvalue weighted by Gasteiger charge is -2.26. The molecule has 0 aromatic heterocycles. The van der Waals surface area contributed by atoms with E-state index in [4.69, 9.17) is 9.47 Å². The van der Waals surface area contributed by atoms with Crippen molar-refractivity contribution in [2.24, 2.45) is 5.92 Å². The van der Waals surface area contributed by atoms with E-state index in [0.717, 1.165) is 31.8 Å². The lowest BCUT2D eigenvalue weighted by Crippen LogP contribution is -2.42. The minimum Gasteiger partial charge on any atom is -0.484 e. The Labute approximate surface area is 217 Å². The highest BCUT2D eigenvalue weighted by molar-refractivity contribution is 6.00. The Hall–Kier alpha value is -3.64. The van der Waals surface area contributed by atoms with E-state index < -0.39 is 30.2 Å². The molecule has 2 N–H and O–H groups in total. The Bertz CT molecular complexity index is 1140. The standard InChI is InChI=1S/C26H29F3N4O5/c27-26(28,29)19-2-1-3-20(15-19)31-23(34)17-38-22-6-4-21(5-7-22)33-16-18(14-24(33)35)25(36)30-8-9-32-10-12-37-13-11-32/h1-7,15,18H,8-14,16-17H2,(H,30,36)(H,31,34)/t18-/m0/s1. The molecule has 2 heterocycles. The van der Waals surface area contributed by atoms with Crippen LogP contribution in [0.1, 0.15) is 12.0 Å². The van der Waals surface area contributed by atoms with Crippen molar-refractivity contribution in [2.45, 2.75) is 12.6 Å². The maximum absolute atomic E-state index is 12.8. The van der Waals surface area contributed by atoms with Gasteiger partial charge in [0.05, 0.1) is 24.7 Å². The van der Waals surface area contributed by atoms with Gasteiger partial charge in [0.15, 0.2) is 6.61 Å². The summed E-state index contributed by atoms with van der Waals surface area (Å²) in [6.07, 6.45) is -4.39. The number of anilines is 2. The largest absolute Gasteiger partial charge is 0.484 e. The Morgan fingerprint density at radius 1 is 1.08 bits per heavy atom. The number of carbonyl (C=O) groups is 3. The van der Waals surface area contributed by atoms with Gasteiger partial charge in [-0.15, -0.1) is 0 Å². The molecule has 4 rings (SSSR count). The fraction of sp³-hybridized carbons (Fsp3) is 0.423. The fourth-order valence-corrected chi connectivity index (χ4v) is 4.28. The number of ether oxygens (including phenoxy) is 2. The van der Waals surface area contributed by atoms with Gasteiger partial charge in [-0.1, -0.05) is 6.07 Å². The highest BCUT2D eigenvalue weighted by Gasteiger charge is 2.35. The molecule has 2 aromatic rings. The van der Waals surface area contributed by atoms with Gasteiger partial charge in [-0.3, -0.25) is 19.3 Å². The number of nitrogens with one attached hydrogen (secondary N) is 2. The molecule has 2 aliphatic heterocycles. The lowest BCUT2D eigenvalue weighted by atomic mass is 10.1. The van der Waals surface area contributed by atoms with Gasteiger partial charge in [-0.2, -0.15) is 13.2 Å². The molecule has 1 atom stereocenters. The first-order valence-corrected chi connectivity index (χ1v) is 12.3. The minimum atomic E-state index is -4.51. The smallest absolute Gasteiger partial charge is 0.416 e. The van der Waals surface area contributed by atoms with Gasteiger partial charge in [-0.25, -0.2) is 0 Å². The van der Waals surface area contributed by atoms with E-state index in [1.54, 1.807) is 24.3 Å². The number of morpholine rings is 1. The second-order valence-corrected chi connectivity index (χ2v) is 9.06. The molecule has 0 radical (unpaired) electrons. The van der Waals surface area contributed by atoms with Crippen LogP contribution in [0.5, 0.6) is 5.75 Å². The molecule has 0 saturated carbocycles. The monoisotopic (exact) mass is 534 g/mol. The van der Waals surface area contributed by atoms with Crippen LogP contribution >= 0.6 is 0 Å². The van der Waals surface area contributed by atoms with Crippen LogP contribution in [0.4, 0.5) is 24.5 Å². The summed E-state index contributed by atoms with van der Waals surface area (Å²) in [4.78, 5) is 41.0. The summed E-state index contributed by atoms with van der Waals surface area (Å²) in [5.41, 5.74) is -0.258. The molecule has 204 valence electrons. The summed E-state index contributed by atoms with van der Waals surface area (Å²) in [6, 6.07) is 10.8. The predicted octanol–water partition coefficient (Wildman–Crippen LogP) is 2.52. The molecule has 0 unspecified atom stereocenters. The first-order chi connectivity index (χ1) is 18.2. The van der Waals surface area contributed by atoms with Crippen LogP contribution in [-0.4, -0.2) is 75.2 Å².